The van der Waals surface area contributed by atoms with Crippen LogP contribution in [0.3, 0.4) is 0 Å². The number of rotatable bonds is 2. The summed E-state index contributed by atoms with van der Waals surface area (Å²) in [4.78, 5) is 20.8. The van der Waals surface area contributed by atoms with Crippen LogP contribution in [0.5, 0.6) is 23.0 Å². The van der Waals surface area contributed by atoms with Gasteiger partial charge in [0.05, 0.1) is 0 Å². The maximum absolute atomic E-state index is 10.4. The van der Waals surface area contributed by atoms with Crippen LogP contribution < -0.4 is 9.47 Å². The first-order chi connectivity index (χ1) is 15.4. The first-order valence-electron chi connectivity index (χ1n) is 9.75. The molecule has 0 saturated carbocycles. The first-order valence-corrected chi connectivity index (χ1v) is 9.75. The molecule has 170 valence electrons. The van der Waals surface area contributed by atoms with Gasteiger partial charge in [0.15, 0.2) is 0 Å². The molecular weight excluding hydrogens is 500 g/mol. The summed E-state index contributed by atoms with van der Waals surface area (Å²) in [6.45, 7) is 2.65. The average Bonchev–Trinajstić information content (AvgIpc) is 3.50. The summed E-state index contributed by atoms with van der Waals surface area (Å²) in [5.41, 5.74) is 0. The maximum Gasteiger partial charge on any atom is 2.00 e. The molecule has 0 unspecified atom stereocenters. The van der Waals surface area contributed by atoms with Crippen molar-refractivity contribution in [1.82, 2.24) is 0 Å². The summed E-state index contributed by atoms with van der Waals surface area (Å²) in [5, 5.41) is 17.7. The Balaban J connectivity index is 0.000000434. The first kappa shape index (κ1) is 29.8. The third-order valence-corrected chi connectivity index (χ3v) is 3.37. The van der Waals surface area contributed by atoms with E-state index in [1.165, 1.54) is 62.4 Å². The molecule has 0 spiro atoms. The number of carbonyl (C=O) groups excluding carboxylic acids is 2. The van der Waals surface area contributed by atoms with Crippen LogP contribution in [0.15, 0.2) is 85.0 Å². The molecule has 0 heterocycles. The van der Waals surface area contributed by atoms with E-state index in [4.69, 9.17) is 19.7 Å². The molecule has 0 fully saturated rings. The largest absolute Gasteiger partial charge is 2.00 e. The molecular formula is C26H26O6Zr. The number of phenols is 2. The average molecular weight is 526 g/mol. The summed E-state index contributed by atoms with van der Waals surface area (Å²) >= 11 is 0. The molecule has 0 amide bonds. The number of aromatic hydroxyl groups is 2. The molecule has 0 aromatic heterocycles. The third-order valence-electron chi connectivity index (χ3n) is 3.37. The van der Waals surface area contributed by atoms with Crippen LogP contribution >= 0.6 is 0 Å². The zero-order valence-electron chi connectivity index (χ0n) is 18.5. The fourth-order valence-corrected chi connectivity index (χ4v) is 2.04. The van der Waals surface area contributed by atoms with Crippen molar-refractivity contribution in [1.29, 1.82) is 0 Å². The number of ether oxygens (including phenoxy) is 2. The van der Waals surface area contributed by atoms with Gasteiger partial charge in [-0.25, -0.2) is 24.3 Å². The monoisotopic (exact) mass is 524 g/mol. The van der Waals surface area contributed by atoms with Gasteiger partial charge in [-0.05, 0) is 48.5 Å². The normalized spacial score (nSPS) is 11.5. The molecule has 4 rings (SSSR count). The van der Waals surface area contributed by atoms with Crippen LogP contribution in [0.1, 0.15) is 26.7 Å². The Morgan fingerprint density at radius 1 is 0.697 bits per heavy atom. The van der Waals surface area contributed by atoms with Crippen molar-refractivity contribution in [3.63, 3.8) is 0 Å². The van der Waals surface area contributed by atoms with Crippen molar-refractivity contribution in [3.8, 4) is 23.0 Å². The predicted molar refractivity (Wildman–Crippen MR) is 122 cm³/mol. The van der Waals surface area contributed by atoms with Crippen molar-refractivity contribution < 1.29 is 55.5 Å². The van der Waals surface area contributed by atoms with E-state index in [-0.39, 0.29) is 49.6 Å². The zero-order valence-corrected chi connectivity index (χ0v) is 21.0. The molecule has 0 radical (unpaired) electrons. The van der Waals surface area contributed by atoms with Gasteiger partial charge < -0.3 is 19.7 Å². The number of carbonyl (C=O) groups is 2. The molecule has 2 N–H and O–H groups in total. The molecule has 7 heteroatoms. The topological polar surface area (TPSA) is 93.1 Å². The number of benzene rings is 2. The number of hydrogen-bond donors (Lipinski definition) is 2. The smallest absolute Gasteiger partial charge is 0.508 e. The van der Waals surface area contributed by atoms with Gasteiger partial charge in [-0.1, -0.05) is 0 Å². The van der Waals surface area contributed by atoms with E-state index >= 15 is 0 Å². The van der Waals surface area contributed by atoms with Gasteiger partial charge in [-0.15, -0.1) is 12.8 Å². The van der Waals surface area contributed by atoms with Crippen molar-refractivity contribution in [3.05, 3.63) is 97.1 Å². The van der Waals surface area contributed by atoms with Crippen LogP contribution in [0, 0.1) is 12.2 Å². The Bertz CT molecular complexity index is 842. The van der Waals surface area contributed by atoms with E-state index in [0.717, 1.165) is 12.8 Å². The Morgan fingerprint density at radius 3 is 1.21 bits per heavy atom. The summed E-state index contributed by atoms with van der Waals surface area (Å²) < 4.78 is 9.44. The molecule has 2 aromatic rings. The van der Waals surface area contributed by atoms with Crippen LogP contribution in [0.25, 0.3) is 0 Å². The van der Waals surface area contributed by atoms with Gasteiger partial charge >= 0.3 is 38.1 Å². The number of allylic oxidation sites excluding steroid dienone is 8. The summed E-state index contributed by atoms with van der Waals surface area (Å²) in [5.74, 6) is 0.457. The minimum Gasteiger partial charge on any atom is -0.508 e. The number of hydrogen-bond acceptors (Lipinski definition) is 6. The minimum absolute atomic E-state index is 0. The Morgan fingerprint density at radius 2 is 1.03 bits per heavy atom. The molecule has 2 aliphatic carbocycles. The van der Waals surface area contributed by atoms with Gasteiger partial charge in [-0.2, -0.15) is 12.2 Å². The molecule has 33 heavy (non-hydrogen) atoms. The quantitative estimate of drug-likeness (QED) is 0.316. The van der Waals surface area contributed by atoms with Crippen LogP contribution in [-0.2, 0) is 35.8 Å². The zero-order chi connectivity index (χ0) is 23.6. The standard InChI is InChI=1S/2C8H8O3.2C5H5.Zr/c2*1-6(9)11-8-4-2-7(10)3-5-8;2*1-2-4-5-3-1;/h2*2-5,10H,1H3;2*1-3H,4H2;/q;;2*-1;+2. The van der Waals surface area contributed by atoms with Gasteiger partial charge in [0.1, 0.15) is 23.0 Å². The minimum atomic E-state index is -0.365. The predicted octanol–water partition coefficient (Wildman–Crippen LogP) is 5.24. The van der Waals surface area contributed by atoms with Gasteiger partial charge in [0, 0.05) is 13.8 Å². The van der Waals surface area contributed by atoms with Gasteiger partial charge in [0.2, 0.25) is 0 Å². The maximum atomic E-state index is 10.4. The number of esters is 2. The van der Waals surface area contributed by atoms with Crippen LogP contribution in [-0.4, -0.2) is 22.2 Å². The van der Waals surface area contributed by atoms with Gasteiger partial charge in [-0.3, -0.25) is 21.7 Å². The van der Waals surface area contributed by atoms with Crippen molar-refractivity contribution >= 4 is 11.9 Å². The van der Waals surface area contributed by atoms with Crippen LogP contribution in [0.2, 0.25) is 0 Å². The summed E-state index contributed by atoms with van der Waals surface area (Å²) in [6.07, 6.45) is 20.0. The van der Waals surface area contributed by atoms with Crippen molar-refractivity contribution in [2.24, 2.45) is 0 Å². The van der Waals surface area contributed by atoms with E-state index in [0.29, 0.717) is 11.5 Å². The molecule has 2 aromatic carbocycles. The van der Waals surface area contributed by atoms with E-state index < -0.39 is 0 Å². The van der Waals surface area contributed by atoms with Gasteiger partial charge in [0.25, 0.3) is 0 Å². The molecule has 0 saturated heterocycles. The van der Waals surface area contributed by atoms with Crippen LogP contribution in [0.4, 0.5) is 0 Å². The van der Waals surface area contributed by atoms with Crippen molar-refractivity contribution in [2.45, 2.75) is 26.7 Å². The Labute approximate surface area is 213 Å². The van der Waals surface area contributed by atoms with E-state index in [1.54, 1.807) is 0 Å². The molecule has 0 aliphatic heterocycles. The molecule has 6 nitrogen and oxygen atoms in total. The second-order valence-electron chi connectivity index (χ2n) is 6.18. The summed E-state index contributed by atoms with van der Waals surface area (Å²) in [6, 6.07) is 11.9. The Kier molecular flexibility index (Phi) is 16.6. The fraction of sp³-hybridized carbons (Fsp3) is 0.154. The Hall–Kier alpha value is -3.18. The molecule has 0 atom stereocenters. The molecule has 0 bridgehead atoms. The number of phenolic OH excluding ortho intramolecular Hbond substituents is 2. The molecule has 2 aliphatic rings. The van der Waals surface area contributed by atoms with Crippen molar-refractivity contribution in [2.75, 3.05) is 0 Å². The second kappa shape index (κ2) is 18.4. The summed E-state index contributed by atoms with van der Waals surface area (Å²) in [7, 11) is 0. The van der Waals surface area contributed by atoms with E-state index in [9.17, 15) is 9.59 Å². The second-order valence-corrected chi connectivity index (χ2v) is 6.18. The SMILES string of the molecule is CC(=O)Oc1ccc(O)cc1.CC(=O)Oc1ccc(O)cc1.[C-]1=CC=CC1.[C-]1=CC=CC1.[Zr+2]. The third kappa shape index (κ3) is 17.1. The fourth-order valence-electron chi connectivity index (χ4n) is 2.04. The van der Waals surface area contributed by atoms with E-state index in [1.807, 2.05) is 24.3 Å². The van der Waals surface area contributed by atoms with E-state index in [2.05, 4.69) is 24.3 Å².